The number of hydrogen-bond donors (Lipinski definition) is 1. The van der Waals surface area contributed by atoms with E-state index in [0.717, 1.165) is 0 Å². The molecular formula is C8H13N. The first-order valence-corrected chi connectivity index (χ1v) is 2.96. The fourth-order valence-corrected chi connectivity index (χ4v) is 0.376. The van der Waals surface area contributed by atoms with Gasteiger partial charge in [0, 0.05) is 0 Å². The summed E-state index contributed by atoms with van der Waals surface area (Å²) in [6, 6.07) is 0. The van der Waals surface area contributed by atoms with E-state index in [1.54, 1.807) is 6.08 Å². The Bertz CT molecular complexity index is 137. The molecule has 0 aromatic carbocycles. The monoisotopic (exact) mass is 123 g/mol. The summed E-state index contributed by atoms with van der Waals surface area (Å²) in [7, 11) is 0. The van der Waals surface area contributed by atoms with Gasteiger partial charge in [-0.2, -0.15) is 0 Å². The van der Waals surface area contributed by atoms with Crippen molar-refractivity contribution in [3.05, 3.63) is 36.1 Å². The zero-order chi connectivity index (χ0) is 7.11. The smallest absolute Gasteiger partial charge is 0.00624 e. The predicted octanol–water partition coefficient (Wildman–Crippen LogP) is 1.98. The van der Waals surface area contributed by atoms with Crippen LogP contribution in [0.4, 0.5) is 0 Å². The first-order valence-electron chi connectivity index (χ1n) is 2.96. The standard InChI is InChI=1S/C8H13N/c1-8(2)6-4-3-5-7-9/h3-7H,9H2,1-2H3. The molecule has 0 saturated carbocycles. The molecule has 1 heteroatoms. The third-order valence-electron chi connectivity index (χ3n) is 0.763. The lowest BCUT2D eigenvalue weighted by Crippen LogP contribution is -1.71. The van der Waals surface area contributed by atoms with E-state index < -0.39 is 0 Å². The largest absolute Gasteiger partial charge is 0.405 e. The minimum Gasteiger partial charge on any atom is -0.405 e. The van der Waals surface area contributed by atoms with Crippen LogP contribution in [0, 0.1) is 0 Å². The summed E-state index contributed by atoms with van der Waals surface area (Å²) in [5.74, 6) is 0. The van der Waals surface area contributed by atoms with Crippen LogP contribution in [0.5, 0.6) is 0 Å². The number of nitrogens with two attached hydrogens (primary N) is 1. The van der Waals surface area contributed by atoms with Gasteiger partial charge in [-0.05, 0) is 26.1 Å². The normalized spacial score (nSPS) is 10.9. The molecule has 0 aromatic rings. The highest BCUT2D eigenvalue weighted by atomic mass is 14.5. The number of allylic oxidation sites excluding steroid dienone is 5. The third kappa shape index (κ3) is 7.02. The molecule has 0 saturated heterocycles. The van der Waals surface area contributed by atoms with E-state index in [9.17, 15) is 0 Å². The highest BCUT2D eigenvalue weighted by molar-refractivity contribution is 5.13. The summed E-state index contributed by atoms with van der Waals surface area (Å²) in [5, 5.41) is 0. The molecule has 50 valence electrons. The minimum absolute atomic E-state index is 1.29. The van der Waals surface area contributed by atoms with Crippen LogP contribution in [-0.4, -0.2) is 0 Å². The van der Waals surface area contributed by atoms with Crippen molar-refractivity contribution in [2.45, 2.75) is 13.8 Å². The molecule has 0 aliphatic rings. The molecule has 2 N–H and O–H groups in total. The van der Waals surface area contributed by atoms with E-state index in [2.05, 4.69) is 13.8 Å². The molecule has 0 spiro atoms. The maximum atomic E-state index is 5.09. The molecular weight excluding hydrogens is 110 g/mol. The van der Waals surface area contributed by atoms with Crippen molar-refractivity contribution >= 4 is 0 Å². The van der Waals surface area contributed by atoms with Crippen LogP contribution in [0.1, 0.15) is 13.8 Å². The van der Waals surface area contributed by atoms with E-state index in [0.29, 0.717) is 0 Å². The Balaban J connectivity index is 3.60. The number of rotatable bonds is 2. The van der Waals surface area contributed by atoms with Crippen LogP contribution < -0.4 is 5.73 Å². The second kappa shape index (κ2) is 5.16. The van der Waals surface area contributed by atoms with Gasteiger partial charge in [-0.25, -0.2) is 0 Å². The van der Waals surface area contributed by atoms with Gasteiger partial charge in [0.05, 0.1) is 0 Å². The van der Waals surface area contributed by atoms with Crippen LogP contribution in [0.15, 0.2) is 36.1 Å². The zero-order valence-electron chi connectivity index (χ0n) is 5.96. The first-order chi connectivity index (χ1) is 4.27. The van der Waals surface area contributed by atoms with E-state index in [4.69, 9.17) is 5.73 Å². The van der Waals surface area contributed by atoms with Crippen LogP contribution >= 0.6 is 0 Å². The molecule has 9 heavy (non-hydrogen) atoms. The molecule has 0 atom stereocenters. The molecule has 0 fully saturated rings. The Kier molecular flexibility index (Phi) is 4.60. The molecule has 0 rings (SSSR count). The molecule has 0 unspecified atom stereocenters. The third-order valence-corrected chi connectivity index (χ3v) is 0.763. The van der Waals surface area contributed by atoms with Gasteiger partial charge in [-0.15, -0.1) is 0 Å². The zero-order valence-corrected chi connectivity index (χ0v) is 5.96. The summed E-state index contributed by atoms with van der Waals surface area (Å²) in [6.07, 6.45) is 9.18. The summed E-state index contributed by atoms with van der Waals surface area (Å²) < 4.78 is 0. The average Bonchev–Trinajstić information content (AvgIpc) is 1.80. The number of hydrogen-bond acceptors (Lipinski definition) is 1. The highest BCUT2D eigenvalue weighted by Gasteiger charge is 1.67. The van der Waals surface area contributed by atoms with E-state index >= 15 is 0 Å². The Labute approximate surface area is 56.6 Å². The van der Waals surface area contributed by atoms with Gasteiger partial charge in [-0.1, -0.05) is 23.8 Å². The van der Waals surface area contributed by atoms with Gasteiger partial charge >= 0.3 is 0 Å². The maximum Gasteiger partial charge on any atom is -0.00624 e. The molecule has 0 amide bonds. The highest BCUT2D eigenvalue weighted by Crippen LogP contribution is 1.88. The quantitative estimate of drug-likeness (QED) is 0.558. The molecule has 0 aliphatic heterocycles. The van der Waals surface area contributed by atoms with Crippen LogP contribution in [0.2, 0.25) is 0 Å². The molecule has 1 nitrogen and oxygen atoms in total. The molecule has 0 aliphatic carbocycles. The van der Waals surface area contributed by atoms with Crippen molar-refractivity contribution in [2.75, 3.05) is 0 Å². The van der Waals surface area contributed by atoms with Crippen LogP contribution in [0.25, 0.3) is 0 Å². The van der Waals surface area contributed by atoms with Crippen molar-refractivity contribution < 1.29 is 0 Å². The van der Waals surface area contributed by atoms with Crippen molar-refractivity contribution in [3.8, 4) is 0 Å². The van der Waals surface area contributed by atoms with Crippen molar-refractivity contribution in [1.29, 1.82) is 0 Å². The molecule has 0 aromatic heterocycles. The maximum absolute atomic E-state index is 5.09. The van der Waals surface area contributed by atoms with Gasteiger partial charge in [0.25, 0.3) is 0 Å². The van der Waals surface area contributed by atoms with Gasteiger partial charge in [0.1, 0.15) is 0 Å². The fourth-order valence-electron chi connectivity index (χ4n) is 0.376. The Hall–Kier alpha value is -0.980. The summed E-state index contributed by atoms with van der Waals surface area (Å²) >= 11 is 0. The summed E-state index contributed by atoms with van der Waals surface area (Å²) in [4.78, 5) is 0. The summed E-state index contributed by atoms with van der Waals surface area (Å²) in [6.45, 7) is 4.10. The van der Waals surface area contributed by atoms with Crippen LogP contribution in [-0.2, 0) is 0 Å². The van der Waals surface area contributed by atoms with Gasteiger partial charge < -0.3 is 5.73 Å². The molecule has 0 bridgehead atoms. The SMILES string of the molecule is CC(C)=CC=CC=CN. The average molecular weight is 123 g/mol. The first kappa shape index (κ1) is 8.02. The molecule has 0 heterocycles. The van der Waals surface area contributed by atoms with Gasteiger partial charge in [0.2, 0.25) is 0 Å². The lowest BCUT2D eigenvalue weighted by atomic mass is 10.3. The van der Waals surface area contributed by atoms with Gasteiger partial charge in [0.15, 0.2) is 0 Å². The summed E-state index contributed by atoms with van der Waals surface area (Å²) in [5.41, 5.74) is 6.38. The van der Waals surface area contributed by atoms with E-state index in [1.165, 1.54) is 11.8 Å². The lowest BCUT2D eigenvalue weighted by molar-refractivity contribution is 1.39. The van der Waals surface area contributed by atoms with E-state index in [-0.39, 0.29) is 0 Å². The lowest BCUT2D eigenvalue weighted by Gasteiger charge is -1.79. The Morgan fingerprint density at radius 3 is 2.22 bits per heavy atom. The second-order valence-corrected chi connectivity index (χ2v) is 2.01. The predicted molar refractivity (Wildman–Crippen MR) is 41.9 cm³/mol. The second-order valence-electron chi connectivity index (χ2n) is 2.01. The van der Waals surface area contributed by atoms with Crippen molar-refractivity contribution in [2.24, 2.45) is 5.73 Å². The van der Waals surface area contributed by atoms with Crippen LogP contribution in [0.3, 0.4) is 0 Å². The molecule has 0 radical (unpaired) electrons. The Morgan fingerprint density at radius 2 is 1.78 bits per heavy atom. The Morgan fingerprint density at radius 1 is 1.11 bits per heavy atom. The van der Waals surface area contributed by atoms with E-state index in [1.807, 2.05) is 18.2 Å². The topological polar surface area (TPSA) is 26.0 Å². The van der Waals surface area contributed by atoms with Crippen molar-refractivity contribution in [1.82, 2.24) is 0 Å². The van der Waals surface area contributed by atoms with Crippen molar-refractivity contribution in [3.63, 3.8) is 0 Å². The minimum atomic E-state index is 1.29. The van der Waals surface area contributed by atoms with Gasteiger partial charge in [-0.3, -0.25) is 0 Å². The fraction of sp³-hybridized carbons (Fsp3) is 0.250.